The van der Waals surface area contributed by atoms with Crippen molar-refractivity contribution in [3.63, 3.8) is 0 Å². The SMILES string of the molecule is CCOc1ccc(-c2ccc(C3CCC(OCc4ccc(C(C)O)c(F)c4F)CC3)c(F)c2F)c(F)c1F. The van der Waals surface area contributed by atoms with Gasteiger partial charge in [-0.15, -0.1) is 0 Å². The molecule has 0 heterocycles. The van der Waals surface area contributed by atoms with Gasteiger partial charge in [-0.25, -0.2) is 22.0 Å². The molecule has 0 aromatic heterocycles. The highest BCUT2D eigenvalue weighted by Crippen LogP contribution is 2.39. The minimum atomic E-state index is -1.32. The molecular formula is C29H28F6O3. The van der Waals surface area contributed by atoms with E-state index >= 15 is 4.39 Å². The van der Waals surface area contributed by atoms with Crippen molar-refractivity contribution in [1.29, 1.82) is 0 Å². The van der Waals surface area contributed by atoms with Gasteiger partial charge in [0.15, 0.2) is 34.8 Å². The fourth-order valence-corrected chi connectivity index (χ4v) is 4.88. The average molecular weight is 539 g/mol. The van der Waals surface area contributed by atoms with Crippen LogP contribution in [0.5, 0.6) is 5.75 Å². The molecule has 1 fully saturated rings. The second-order valence-corrected chi connectivity index (χ2v) is 9.41. The molecule has 1 aliphatic rings. The Morgan fingerprint density at radius 2 is 1.39 bits per heavy atom. The summed E-state index contributed by atoms with van der Waals surface area (Å²) < 4.78 is 98.0. The Balaban J connectivity index is 1.42. The third-order valence-corrected chi connectivity index (χ3v) is 6.98. The first kappa shape index (κ1) is 28.0. The van der Waals surface area contributed by atoms with Gasteiger partial charge in [-0.3, -0.25) is 0 Å². The summed E-state index contributed by atoms with van der Waals surface area (Å²) in [4.78, 5) is 0. The molecule has 0 spiro atoms. The van der Waals surface area contributed by atoms with Crippen LogP contribution in [0.3, 0.4) is 0 Å². The smallest absolute Gasteiger partial charge is 0.201 e. The van der Waals surface area contributed by atoms with Gasteiger partial charge in [-0.2, -0.15) is 4.39 Å². The Bertz CT molecular complexity index is 1300. The third kappa shape index (κ3) is 5.54. The summed E-state index contributed by atoms with van der Waals surface area (Å²) >= 11 is 0. The van der Waals surface area contributed by atoms with Crippen LogP contribution in [0.15, 0.2) is 36.4 Å². The lowest BCUT2D eigenvalue weighted by molar-refractivity contribution is 0.0116. The predicted molar refractivity (Wildman–Crippen MR) is 130 cm³/mol. The largest absolute Gasteiger partial charge is 0.491 e. The quantitative estimate of drug-likeness (QED) is 0.297. The van der Waals surface area contributed by atoms with Crippen LogP contribution in [0.25, 0.3) is 11.1 Å². The third-order valence-electron chi connectivity index (χ3n) is 6.98. The van der Waals surface area contributed by atoms with Crippen molar-refractivity contribution >= 4 is 0 Å². The van der Waals surface area contributed by atoms with Crippen LogP contribution in [-0.4, -0.2) is 17.8 Å². The standard InChI is InChI=1S/C29H28F6O3/c1-3-37-23-13-12-22(28(34)29(23)35)21-11-10-20(26(32)27(21)33)16-4-7-18(8-5-16)38-14-17-6-9-19(15(2)36)25(31)24(17)30/h6,9-13,15-16,18,36H,3-5,7-8,14H2,1-2H3. The summed E-state index contributed by atoms with van der Waals surface area (Å²) in [5.41, 5.74) is -0.772. The molecule has 0 bridgehead atoms. The molecule has 4 rings (SSSR count). The van der Waals surface area contributed by atoms with Crippen molar-refractivity contribution in [1.82, 2.24) is 0 Å². The summed E-state index contributed by atoms with van der Waals surface area (Å²) in [5.74, 6) is -7.78. The lowest BCUT2D eigenvalue weighted by Gasteiger charge is -2.29. The van der Waals surface area contributed by atoms with Crippen molar-refractivity contribution in [3.05, 3.63) is 88.0 Å². The van der Waals surface area contributed by atoms with Crippen LogP contribution in [-0.2, 0) is 11.3 Å². The zero-order valence-corrected chi connectivity index (χ0v) is 21.0. The molecule has 9 heteroatoms. The molecule has 0 aliphatic heterocycles. The van der Waals surface area contributed by atoms with E-state index in [1.807, 2.05) is 0 Å². The molecule has 3 aromatic carbocycles. The van der Waals surface area contributed by atoms with Crippen LogP contribution in [0, 0.1) is 34.9 Å². The van der Waals surface area contributed by atoms with Gasteiger partial charge in [0.25, 0.3) is 0 Å². The molecule has 0 saturated heterocycles. The van der Waals surface area contributed by atoms with Crippen molar-refractivity contribution in [2.75, 3.05) is 6.61 Å². The maximum Gasteiger partial charge on any atom is 0.201 e. The Morgan fingerprint density at radius 1 is 0.763 bits per heavy atom. The van der Waals surface area contributed by atoms with E-state index in [9.17, 15) is 27.1 Å². The van der Waals surface area contributed by atoms with E-state index in [-0.39, 0.29) is 47.7 Å². The maximum absolute atomic E-state index is 15.1. The van der Waals surface area contributed by atoms with Gasteiger partial charge in [0.05, 0.1) is 25.4 Å². The van der Waals surface area contributed by atoms with E-state index in [1.165, 1.54) is 37.3 Å². The van der Waals surface area contributed by atoms with E-state index in [0.29, 0.717) is 25.7 Å². The first-order chi connectivity index (χ1) is 18.1. The topological polar surface area (TPSA) is 38.7 Å². The molecule has 1 aliphatic carbocycles. The zero-order chi connectivity index (χ0) is 27.6. The number of hydrogen-bond acceptors (Lipinski definition) is 3. The molecule has 3 aromatic rings. The number of aliphatic hydroxyl groups is 1. The summed E-state index contributed by atoms with van der Waals surface area (Å²) in [6, 6.07) is 7.62. The van der Waals surface area contributed by atoms with E-state index in [0.717, 1.165) is 6.07 Å². The Morgan fingerprint density at radius 3 is 2.03 bits per heavy atom. The molecule has 204 valence electrons. The lowest BCUT2D eigenvalue weighted by atomic mass is 9.82. The van der Waals surface area contributed by atoms with E-state index in [4.69, 9.17) is 9.47 Å². The first-order valence-corrected chi connectivity index (χ1v) is 12.5. The minimum absolute atomic E-state index is 0.0238. The van der Waals surface area contributed by atoms with Gasteiger partial charge in [0.1, 0.15) is 0 Å². The summed E-state index contributed by atoms with van der Waals surface area (Å²) in [7, 11) is 0. The van der Waals surface area contributed by atoms with Crippen LogP contribution < -0.4 is 4.74 Å². The lowest BCUT2D eigenvalue weighted by Crippen LogP contribution is -2.22. The number of benzene rings is 3. The van der Waals surface area contributed by atoms with E-state index in [2.05, 4.69) is 0 Å². The van der Waals surface area contributed by atoms with Crippen LogP contribution in [0.2, 0.25) is 0 Å². The molecule has 1 atom stereocenters. The molecule has 3 nitrogen and oxygen atoms in total. The molecule has 1 unspecified atom stereocenters. The van der Waals surface area contributed by atoms with Gasteiger partial charge >= 0.3 is 0 Å². The first-order valence-electron chi connectivity index (χ1n) is 12.5. The van der Waals surface area contributed by atoms with E-state index < -0.39 is 52.1 Å². The van der Waals surface area contributed by atoms with Crippen molar-refractivity contribution in [2.24, 2.45) is 0 Å². The van der Waals surface area contributed by atoms with Crippen LogP contribution >= 0.6 is 0 Å². The highest BCUT2D eigenvalue weighted by Gasteiger charge is 2.28. The van der Waals surface area contributed by atoms with Crippen molar-refractivity contribution in [2.45, 2.75) is 64.3 Å². The second kappa shape index (κ2) is 11.8. The molecule has 0 amide bonds. The van der Waals surface area contributed by atoms with Gasteiger partial charge in [-0.1, -0.05) is 24.3 Å². The fraction of sp³-hybridized carbons (Fsp3) is 0.379. The Labute approximate surface area is 217 Å². The Kier molecular flexibility index (Phi) is 8.67. The molecular weight excluding hydrogens is 510 g/mol. The number of hydrogen-bond donors (Lipinski definition) is 1. The predicted octanol–water partition coefficient (Wildman–Crippen LogP) is 7.88. The molecule has 38 heavy (non-hydrogen) atoms. The van der Waals surface area contributed by atoms with Gasteiger partial charge < -0.3 is 14.6 Å². The number of rotatable bonds is 8. The summed E-state index contributed by atoms with van der Waals surface area (Å²) in [6.45, 7) is 2.90. The fourth-order valence-electron chi connectivity index (χ4n) is 4.88. The average Bonchev–Trinajstić information content (AvgIpc) is 2.90. The van der Waals surface area contributed by atoms with E-state index in [1.54, 1.807) is 6.92 Å². The number of halogens is 6. The summed E-state index contributed by atoms with van der Waals surface area (Å²) in [6.07, 6.45) is 0.479. The van der Waals surface area contributed by atoms with Crippen LogP contribution in [0.4, 0.5) is 26.3 Å². The minimum Gasteiger partial charge on any atom is -0.491 e. The number of aliphatic hydroxyl groups excluding tert-OH is 1. The molecule has 1 saturated carbocycles. The Hall–Kier alpha value is -3.04. The van der Waals surface area contributed by atoms with Crippen molar-refractivity contribution < 1.29 is 40.9 Å². The second-order valence-electron chi connectivity index (χ2n) is 9.41. The monoisotopic (exact) mass is 538 g/mol. The highest BCUT2D eigenvalue weighted by molar-refractivity contribution is 5.66. The van der Waals surface area contributed by atoms with Crippen LogP contribution in [0.1, 0.15) is 68.2 Å². The number of ether oxygens (including phenoxy) is 2. The van der Waals surface area contributed by atoms with Crippen molar-refractivity contribution in [3.8, 4) is 16.9 Å². The van der Waals surface area contributed by atoms with Gasteiger partial charge in [0, 0.05) is 22.3 Å². The van der Waals surface area contributed by atoms with Gasteiger partial charge in [0.2, 0.25) is 5.82 Å². The molecule has 0 radical (unpaired) electrons. The maximum atomic E-state index is 15.1. The zero-order valence-electron chi connectivity index (χ0n) is 21.0. The summed E-state index contributed by atoms with van der Waals surface area (Å²) in [5, 5.41) is 9.51. The molecule has 1 N–H and O–H groups in total. The van der Waals surface area contributed by atoms with Gasteiger partial charge in [-0.05, 0) is 63.1 Å². The highest BCUT2D eigenvalue weighted by atomic mass is 19.2. The normalized spacial score (nSPS) is 18.4.